The highest BCUT2D eigenvalue weighted by atomic mass is 19.4. The molecule has 0 unspecified atom stereocenters. The maximum Gasteiger partial charge on any atom is 0.416 e. The first-order valence-electron chi connectivity index (χ1n) is 5.81. The second-order valence-corrected chi connectivity index (χ2v) is 4.12. The molecule has 0 saturated carbocycles. The average Bonchev–Trinajstić information content (AvgIpc) is 2.41. The molecule has 0 bridgehead atoms. The number of pyridine rings is 1. The summed E-state index contributed by atoms with van der Waals surface area (Å²) in [5.74, 6) is 0. The van der Waals surface area contributed by atoms with Crippen LogP contribution in [0.15, 0.2) is 42.7 Å². The minimum absolute atomic E-state index is 0.0231. The van der Waals surface area contributed by atoms with Gasteiger partial charge in [-0.1, -0.05) is 6.07 Å². The van der Waals surface area contributed by atoms with Crippen molar-refractivity contribution in [2.75, 3.05) is 16.4 Å². The molecule has 1 aromatic heterocycles. The molecule has 0 atom stereocenters. The molecule has 4 N–H and O–H groups in total. The Morgan fingerprint density at radius 2 is 1.95 bits per heavy atom. The molecule has 0 spiro atoms. The fourth-order valence-corrected chi connectivity index (χ4v) is 1.58. The molecule has 0 radical (unpaired) electrons. The number of nitrogens with one attached hydrogen (secondary N) is 2. The van der Waals surface area contributed by atoms with Gasteiger partial charge in [-0.3, -0.25) is 4.98 Å². The zero-order valence-corrected chi connectivity index (χ0v) is 10.6. The standard InChI is InChI=1S/C13H11F3N4O/c14-13(15,16)8-2-1-3-9(6-8)19-12(21)20-11-4-5-18-7-10(11)17/h1-7H,17H2,(H2,18,19,20,21). The van der Waals surface area contributed by atoms with Gasteiger partial charge in [-0.25, -0.2) is 4.79 Å². The van der Waals surface area contributed by atoms with Gasteiger partial charge in [0.2, 0.25) is 0 Å². The second-order valence-electron chi connectivity index (χ2n) is 4.12. The Kier molecular flexibility index (Phi) is 3.97. The number of benzene rings is 1. The van der Waals surface area contributed by atoms with Crippen LogP contribution in [0, 0.1) is 0 Å². The maximum atomic E-state index is 12.6. The molecule has 8 heteroatoms. The number of rotatable bonds is 2. The van der Waals surface area contributed by atoms with Crippen LogP contribution in [0.3, 0.4) is 0 Å². The number of aromatic nitrogens is 1. The van der Waals surface area contributed by atoms with Crippen molar-refractivity contribution >= 4 is 23.1 Å². The van der Waals surface area contributed by atoms with E-state index in [9.17, 15) is 18.0 Å². The van der Waals surface area contributed by atoms with Crippen molar-refractivity contribution in [3.63, 3.8) is 0 Å². The Balaban J connectivity index is 2.08. The molecule has 110 valence electrons. The van der Waals surface area contributed by atoms with Gasteiger partial charge in [0.15, 0.2) is 0 Å². The number of hydrogen-bond acceptors (Lipinski definition) is 3. The first kappa shape index (κ1) is 14.6. The lowest BCUT2D eigenvalue weighted by Crippen LogP contribution is -2.20. The number of carbonyl (C=O) groups is 1. The SMILES string of the molecule is Nc1cnccc1NC(=O)Nc1cccc(C(F)(F)F)c1. The number of urea groups is 1. The smallest absolute Gasteiger partial charge is 0.396 e. The van der Waals surface area contributed by atoms with Gasteiger partial charge in [0, 0.05) is 11.9 Å². The lowest BCUT2D eigenvalue weighted by molar-refractivity contribution is -0.137. The highest BCUT2D eigenvalue weighted by molar-refractivity contribution is 6.01. The molecule has 0 aliphatic rings. The van der Waals surface area contributed by atoms with Gasteiger partial charge in [-0.05, 0) is 24.3 Å². The molecule has 0 fully saturated rings. The van der Waals surface area contributed by atoms with Crippen LogP contribution in [0.1, 0.15) is 5.56 Å². The van der Waals surface area contributed by atoms with E-state index in [2.05, 4.69) is 15.6 Å². The summed E-state index contributed by atoms with van der Waals surface area (Å²) in [4.78, 5) is 15.5. The van der Waals surface area contributed by atoms with E-state index >= 15 is 0 Å². The number of nitrogens with zero attached hydrogens (tertiary/aromatic N) is 1. The van der Waals surface area contributed by atoms with E-state index in [1.54, 1.807) is 0 Å². The number of nitrogen functional groups attached to an aromatic ring is 1. The van der Waals surface area contributed by atoms with Gasteiger partial charge in [-0.2, -0.15) is 13.2 Å². The van der Waals surface area contributed by atoms with Crippen LogP contribution in [0.4, 0.5) is 35.0 Å². The molecule has 2 aromatic rings. The molecule has 2 amide bonds. The van der Waals surface area contributed by atoms with Gasteiger partial charge in [0.1, 0.15) is 0 Å². The van der Waals surface area contributed by atoms with Crippen molar-refractivity contribution in [3.8, 4) is 0 Å². The number of hydrogen-bond donors (Lipinski definition) is 3. The van der Waals surface area contributed by atoms with E-state index in [1.807, 2.05) is 0 Å². The van der Waals surface area contributed by atoms with Crippen LogP contribution in [0.25, 0.3) is 0 Å². The zero-order chi connectivity index (χ0) is 15.5. The van der Waals surface area contributed by atoms with E-state index < -0.39 is 17.8 Å². The van der Waals surface area contributed by atoms with Crippen LogP contribution < -0.4 is 16.4 Å². The van der Waals surface area contributed by atoms with E-state index in [0.29, 0.717) is 5.69 Å². The maximum absolute atomic E-state index is 12.6. The minimum Gasteiger partial charge on any atom is -0.396 e. The van der Waals surface area contributed by atoms with Crippen molar-refractivity contribution in [1.82, 2.24) is 4.98 Å². The van der Waals surface area contributed by atoms with Crippen molar-refractivity contribution in [1.29, 1.82) is 0 Å². The summed E-state index contributed by atoms with van der Waals surface area (Å²) < 4.78 is 37.7. The van der Waals surface area contributed by atoms with E-state index in [4.69, 9.17) is 5.73 Å². The summed E-state index contributed by atoms with van der Waals surface area (Å²) in [5, 5.41) is 4.72. The van der Waals surface area contributed by atoms with Gasteiger partial charge in [0.25, 0.3) is 0 Å². The van der Waals surface area contributed by atoms with Crippen molar-refractivity contribution in [2.45, 2.75) is 6.18 Å². The Morgan fingerprint density at radius 1 is 1.19 bits per heavy atom. The fraction of sp³-hybridized carbons (Fsp3) is 0.0769. The second kappa shape index (κ2) is 5.70. The van der Waals surface area contributed by atoms with Crippen molar-refractivity contribution in [2.24, 2.45) is 0 Å². The van der Waals surface area contributed by atoms with Gasteiger partial charge >= 0.3 is 12.2 Å². The molecule has 0 aliphatic heterocycles. The highest BCUT2D eigenvalue weighted by Crippen LogP contribution is 2.30. The monoisotopic (exact) mass is 296 g/mol. The molecular formula is C13H11F3N4O. The number of carbonyl (C=O) groups excluding carboxylic acids is 1. The third-order valence-corrected chi connectivity index (χ3v) is 2.55. The number of halogens is 3. The summed E-state index contributed by atoms with van der Waals surface area (Å²) in [6, 6.07) is 5.09. The Bertz CT molecular complexity index is 658. The van der Waals surface area contributed by atoms with Crippen LogP contribution in [0.5, 0.6) is 0 Å². The molecule has 1 aromatic carbocycles. The largest absolute Gasteiger partial charge is 0.416 e. The van der Waals surface area contributed by atoms with Crippen LogP contribution in [-0.2, 0) is 6.18 Å². The van der Waals surface area contributed by atoms with Gasteiger partial charge in [-0.15, -0.1) is 0 Å². The topological polar surface area (TPSA) is 80.0 Å². The minimum atomic E-state index is -4.47. The Morgan fingerprint density at radius 3 is 2.62 bits per heavy atom. The highest BCUT2D eigenvalue weighted by Gasteiger charge is 2.30. The van der Waals surface area contributed by atoms with Gasteiger partial charge < -0.3 is 16.4 Å². The normalized spacial score (nSPS) is 11.0. The molecule has 0 saturated heterocycles. The number of anilines is 3. The fourth-order valence-electron chi connectivity index (χ4n) is 1.58. The summed E-state index contributed by atoms with van der Waals surface area (Å²) in [6.07, 6.45) is -1.69. The number of alkyl halides is 3. The molecular weight excluding hydrogens is 285 g/mol. The lowest BCUT2D eigenvalue weighted by Gasteiger charge is -2.11. The first-order valence-corrected chi connectivity index (χ1v) is 5.81. The van der Waals surface area contributed by atoms with Crippen LogP contribution in [0.2, 0.25) is 0 Å². The van der Waals surface area contributed by atoms with Gasteiger partial charge in [0.05, 0.1) is 23.1 Å². The summed E-state index contributed by atoms with van der Waals surface area (Å²) >= 11 is 0. The number of amides is 2. The van der Waals surface area contributed by atoms with Crippen molar-refractivity contribution < 1.29 is 18.0 Å². The molecule has 5 nitrogen and oxygen atoms in total. The number of nitrogens with two attached hydrogens (primary N) is 1. The van der Waals surface area contributed by atoms with Crippen LogP contribution in [-0.4, -0.2) is 11.0 Å². The predicted molar refractivity (Wildman–Crippen MR) is 72.7 cm³/mol. The third kappa shape index (κ3) is 3.85. The summed E-state index contributed by atoms with van der Waals surface area (Å²) in [5.41, 5.74) is 5.33. The van der Waals surface area contributed by atoms with E-state index in [1.165, 1.54) is 30.6 Å². The Hall–Kier alpha value is -2.77. The lowest BCUT2D eigenvalue weighted by atomic mass is 10.2. The van der Waals surface area contributed by atoms with Crippen molar-refractivity contribution in [3.05, 3.63) is 48.3 Å². The Labute approximate surface area is 118 Å². The van der Waals surface area contributed by atoms with E-state index in [-0.39, 0.29) is 11.4 Å². The van der Waals surface area contributed by atoms with Crippen LogP contribution >= 0.6 is 0 Å². The first-order chi connectivity index (χ1) is 9.86. The predicted octanol–water partition coefficient (Wildman–Crippen LogP) is 3.33. The summed E-state index contributed by atoms with van der Waals surface area (Å²) in [7, 11) is 0. The molecule has 0 aliphatic carbocycles. The zero-order valence-electron chi connectivity index (χ0n) is 10.6. The quantitative estimate of drug-likeness (QED) is 0.795. The molecule has 2 rings (SSSR count). The third-order valence-electron chi connectivity index (χ3n) is 2.55. The molecule has 21 heavy (non-hydrogen) atoms. The average molecular weight is 296 g/mol. The summed E-state index contributed by atoms with van der Waals surface area (Å²) in [6.45, 7) is 0. The van der Waals surface area contributed by atoms with E-state index in [0.717, 1.165) is 12.1 Å². The molecule has 1 heterocycles.